The number of ether oxygens (including phenoxy) is 1. The molecule has 1 N–H and O–H groups in total. The minimum Gasteiger partial charge on any atom is -0.426 e. The smallest absolute Gasteiger partial charge is 0.313 e. The first-order valence-corrected chi connectivity index (χ1v) is 7.46. The molecule has 0 aliphatic heterocycles. The molecular formula is C16H24N2O3. The van der Waals surface area contributed by atoms with E-state index >= 15 is 0 Å². The molecule has 0 fully saturated rings. The van der Waals surface area contributed by atoms with Gasteiger partial charge in [0.2, 0.25) is 0 Å². The zero-order valence-electron chi connectivity index (χ0n) is 12.8. The second-order valence-electron chi connectivity index (χ2n) is 4.94. The highest BCUT2D eigenvalue weighted by molar-refractivity contribution is 5.72. The van der Waals surface area contributed by atoms with Gasteiger partial charge in [0.1, 0.15) is 5.75 Å². The van der Waals surface area contributed by atoms with Gasteiger partial charge in [-0.15, -0.1) is 0 Å². The van der Waals surface area contributed by atoms with E-state index in [1.807, 2.05) is 13.0 Å². The van der Waals surface area contributed by atoms with Gasteiger partial charge >= 0.3 is 5.97 Å². The normalized spacial score (nSPS) is 14.0. The highest BCUT2D eigenvalue weighted by Gasteiger charge is 2.22. The van der Waals surface area contributed by atoms with E-state index in [9.17, 15) is 9.90 Å². The molecule has 1 aromatic carbocycles. The lowest BCUT2D eigenvalue weighted by molar-refractivity contribution is -0.134. The fourth-order valence-corrected chi connectivity index (χ4v) is 1.75. The van der Waals surface area contributed by atoms with Crippen LogP contribution in [0.15, 0.2) is 40.6 Å². The second-order valence-corrected chi connectivity index (χ2v) is 4.94. The van der Waals surface area contributed by atoms with Crippen molar-refractivity contribution in [3.63, 3.8) is 0 Å². The first kappa shape index (κ1) is 17.3. The van der Waals surface area contributed by atoms with E-state index in [4.69, 9.17) is 4.74 Å². The largest absolute Gasteiger partial charge is 0.426 e. The minimum absolute atomic E-state index is 0.145. The number of aliphatic hydroxyl groups is 1. The molecule has 116 valence electrons. The molecule has 0 aliphatic rings. The molecule has 1 unspecified atom stereocenters. The van der Waals surface area contributed by atoms with Crippen molar-refractivity contribution in [2.75, 3.05) is 6.54 Å². The molecule has 1 aromatic rings. The van der Waals surface area contributed by atoms with Gasteiger partial charge in [-0.2, -0.15) is 10.2 Å². The molecule has 1 atom stereocenters. The molecule has 5 nitrogen and oxygen atoms in total. The molecule has 0 aliphatic carbocycles. The summed E-state index contributed by atoms with van der Waals surface area (Å²) >= 11 is 0. The summed E-state index contributed by atoms with van der Waals surface area (Å²) in [5.74, 6) is 0.168. The van der Waals surface area contributed by atoms with Crippen molar-refractivity contribution < 1.29 is 14.6 Å². The van der Waals surface area contributed by atoms with Crippen LogP contribution >= 0.6 is 0 Å². The van der Waals surface area contributed by atoms with Crippen LogP contribution in [0.4, 0.5) is 0 Å². The van der Waals surface area contributed by atoms with Gasteiger partial charge in [-0.25, -0.2) is 0 Å². The number of para-hydroxylation sites is 1. The van der Waals surface area contributed by atoms with Crippen LogP contribution in [0.25, 0.3) is 0 Å². The molecular weight excluding hydrogens is 268 g/mol. The number of benzene rings is 1. The van der Waals surface area contributed by atoms with Crippen LogP contribution in [-0.4, -0.2) is 23.3 Å². The Bertz CT molecular complexity index is 448. The number of carbonyl (C=O) groups is 1. The van der Waals surface area contributed by atoms with Crippen molar-refractivity contribution in [1.82, 2.24) is 0 Å². The van der Waals surface area contributed by atoms with E-state index < -0.39 is 5.72 Å². The first-order chi connectivity index (χ1) is 10.1. The Morgan fingerprint density at radius 2 is 2.00 bits per heavy atom. The molecule has 0 spiro atoms. The average Bonchev–Trinajstić information content (AvgIpc) is 2.50. The first-order valence-electron chi connectivity index (χ1n) is 7.46. The van der Waals surface area contributed by atoms with Crippen LogP contribution in [0.1, 0.15) is 46.0 Å². The SMILES string of the molecule is CCCCC(O)(CC)N=NCCC(=O)Oc1ccccc1. The summed E-state index contributed by atoms with van der Waals surface area (Å²) in [5, 5.41) is 18.1. The van der Waals surface area contributed by atoms with Crippen LogP contribution in [-0.2, 0) is 4.79 Å². The minimum atomic E-state index is -1.10. The summed E-state index contributed by atoms with van der Waals surface area (Å²) in [6.07, 6.45) is 3.16. The Morgan fingerprint density at radius 1 is 1.29 bits per heavy atom. The summed E-state index contributed by atoms with van der Waals surface area (Å²) in [6.45, 7) is 4.16. The predicted molar refractivity (Wildman–Crippen MR) is 81.2 cm³/mol. The molecule has 0 heterocycles. The van der Waals surface area contributed by atoms with Crippen LogP contribution in [0.2, 0.25) is 0 Å². The van der Waals surface area contributed by atoms with Gasteiger partial charge in [0.05, 0.1) is 13.0 Å². The summed E-state index contributed by atoms with van der Waals surface area (Å²) in [7, 11) is 0. The van der Waals surface area contributed by atoms with E-state index in [1.165, 1.54) is 0 Å². The third kappa shape index (κ3) is 6.99. The highest BCUT2D eigenvalue weighted by Crippen LogP contribution is 2.20. The van der Waals surface area contributed by atoms with E-state index in [0.717, 1.165) is 12.8 Å². The highest BCUT2D eigenvalue weighted by atomic mass is 16.5. The molecule has 5 heteroatoms. The number of unbranched alkanes of at least 4 members (excludes halogenated alkanes) is 1. The summed E-state index contributed by atoms with van der Waals surface area (Å²) in [4.78, 5) is 11.6. The lowest BCUT2D eigenvalue weighted by atomic mass is 10.0. The maximum Gasteiger partial charge on any atom is 0.313 e. The Morgan fingerprint density at radius 3 is 2.62 bits per heavy atom. The Labute approximate surface area is 126 Å². The Balaban J connectivity index is 2.34. The Hall–Kier alpha value is -1.75. The van der Waals surface area contributed by atoms with Gasteiger partial charge in [-0.3, -0.25) is 4.79 Å². The number of azo groups is 1. The number of rotatable bonds is 9. The summed E-state index contributed by atoms with van der Waals surface area (Å²) < 4.78 is 5.13. The monoisotopic (exact) mass is 292 g/mol. The van der Waals surface area contributed by atoms with Gasteiger partial charge < -0.3 is 9.84 Å². The van der Waals surface area contributed by atoms with Gasteiger partial charge in [0.25, 0.3) is 0 Å². The standard InChI is InChI=1S/C16H24N2O3/c1-3-5-12-16(20,4-2)18-17-13-11-15(19)21-14-9-7-6-8-10-14/h6-10,20H,3-5,11-13H2,1-2H3. The van der Waals surface area contributed by atoms with Crippen molar-refractivity contribution in [2.24, 2.45) is 10.2 Å². The Kier molecular flexibility index (Phi) is 7.61. The molecule has 0 amide bonds. The summed E-state index contributed by atoms with van der Waals surface area (Å²) in [6, 6.07) is 8.91. The summed E-state index contributed by atoms with van der Waals surface area (Å²) in [5.41, 5.74) is -1.10. The fourth-order valence-electron chi connectivity index (χ4n) is 1.75. The molecule has 1 rings (SSSR count). The van der Waals surface area contributed by atoms with E-state index in [1.54, 1.807) is 24.3 Å². The van der Waals surface area contributed by atoms with Crippen LogP contribution in [0.3, 0.4) is 0 Å². The van der Waals surface area contributed by atoms with Crippen molar-refractivity contribution in [3.8, 4) is 5.75 Å². The van der Waals surface area contributed by atoms with Crippen LogP contribution in [0, 0.1) is 0 Å². The van der Waals surface area contributed by atoms with Crippen molar-refractivity contribution >= 4 is 5.97 Å². The number of carbonyl (C=O) groups excluding carboxylic acids is 1. The number of nitrogens with zero attached hydrogens (tertiary/aromatic N) is 2. The molecule has 0 radical (unpaired) electrons. The number of hydrogen-bond donors (Lipinski definition) is 1. The quantitative estimate of drug-likeness (QED) is 0.428. The third-order valence-electron chi connectivity index (χ3n) is 3.14. The second kappa shape index (κ2) is 9.23. The van der Waals surface area contributed by atoms with Crippen molar-refractivity contribution in [3.05, 3.63) is 30.3 Å². The third-order valence-corrected chi connectivity index (χ3v) is 3.14. The lowest BCUT2D eigenvalue weighted by Crippen LogP contribution is -2.24. The van der Waals surface area contributed by atoms with E-state index in [-0.39, 0.29) is 18.9 Å². The zero-order chi connectivity index (χ0) is 15.6. The van der Waals surface area contributed by atoms with Crippen molar-refractivity contribution in [1.29, 1.82) is 0 Å². The van der Waals surface area contributed by atoms with Gasteiger partial charge in [0.15, 0.2) is 5.72 Å². The molecule has 21 heavy (non-hydrogen) atoms. The number of esters is 1. The zero-order valence-corrected chi connectivity index (χ0v) is 12.8. The van der Waals surface area contributed by atoms with Crippen molar-refractivity contribution in [2.45, 2.75) is 51.7 Å². The molecule has 0 bridgehead atoms. The fraction of sp³-hybridized carbons (Fsp3) is 0.562. The van der Waals surface area contributed by atoms with Gasteiger partial charge in [-0.1, -0.05) is 38.5 Å². The maximum absolute atomic E-state index is 11.6. The van der Waals surface area contributed by atoms with E-state index in [2.05, 4.69) is 17.2 Å². The van der Waals surface area contributed by atoms with E-state index in [0.29, 0.717) is 18.6 Å². The van der Waals surface area contributed by atoms with Gasteiger partial charge in [-0.05, 0) is 31.4 Å². The van der Waals surface area contributed by atoms with Crippen LogP contribution < -0.4 is 4.74 Å². The lowest BCUT2D eigenvalue weighted by Gasteiger charge is -2.19. The average molecular weight is 292 g/mol. The topological polar surface area (TPSA) is 71.2 Å². The predicted octanol–water partition coefficient (Wildman–Crippen LogP) is 3.72. The van der Waals surface area contributed by atoms with Gasteiger partial charge in [0, 0.05) is 0 Å². The van der Waals surface area contributed by atoms with Crippen LogP contribution in [0.5, 0.6) is 5.75 Å². The maximum atomic E-state index is 11.6. The number of hydrogen-bond acceptors (Lipinski definition) is 5. The molecule has 0 saturated carbocycles. The molecule has 0 saturated heterocycles. The molecule has 0 aromatic heterocycles.